The molecule has 2 aliphatic rings. The minimum absolute atomic E-state index is 0.217. The van der Waals surface area contributed by atoms with Crippen molar-refractivity contribution in [2.24, 2.45) is 5.92 Å². The lowest BCUT2D eigenvalue weighted by Crippen LogP contribution is -2.25. The predicted octanol–water partition coefficient (Wildman–Crippen LogP) is 4.72. The average Bonchev–Trinajstić information content (AvgIpc) is 3.24. The van der Waals surface area contributed by atoms with Gasteiger partial charge in [-0.2, -0.15) is 0 Å². The normalized spacial score (nSPS) is 17.1. The number of ether oxygens (including phenoxy) is 3. The molecule has 29 heavy (non-hydrogen) atoms. The van der Waals surface area contributed by atoms with Crippen LogP contribution in [0.2, 0.25) is 0 Å². The summed E-state index contributed by atoms with van der Waals surface area (Å²) in [5.74, 6) is 0.829. The van der Waals surface area contributed by atoms with Crippen molar-refractivity contribution in [3.8, 4) is 11.5 Å². The van der Waals surface area contributed by atoms with Crippen molar-refractivity contribution in [2.45, 2.75) is 6.42 Å². The summed E-state index contributed by atoms with van der Waals surface area (Å²) < 4.78 is 16.4. The van der Waals surface area contributed by atoms with Crippen LogP contribution in [-0.2, 0) is 16.0 Å². The largest absolute Gasteiger partial charge is 0.469 e. The first-order valence-electron chi connectivity index (χ1n) is 9.62. The van der Waals surface area contributed by atoms with E-state index in [4.69, 9.17) is 14.2 Å². The van der Waals surface area contributed by atoms with E-state index >= 15 is 0 Å². The Balaban J connectivity index is 1.84. The van der Waals surface area contributed by atoms with E-state index in [-0.39, 0.29) is 12.8 Å². The van der Waals surface area contributed by atoms with Gasteiger partial charge in [0.25, 0.3) is 0 Å². The standard InChI is InChI=1S/C25H20O4/c1-27-25(26)20-12-18-13-21-22(29-15-28-21)14-19(18)23(16-8-4-2-5-9-16)24(20)17-10-6-3-7-11-17/h2-11,13-14,20H,12,15H2,1H3. The van der Waals surface area contributed by atoms with Gasteiger partial charge in [-0.1, -0.05) is 60.7 Å². The van der Waals surface area contributed by atoms with Crippen LogP contribution in [0.15, 0.2) is 72.8 Å². The number of carbonyl (C=O) groups excluding carboxylic acids is 1. The van der Waals surface area contributed by atoms with Gasteiger partial charge in [0.2, 0.25) is 6.79 Å². The van der Waals surface area contributed by atoms with Crippen LogP contribution in [0.1, 0.15) is 22.3 Å². The molecule has 0 N–H and O–H groups in total. The predicted molar refractivity (Wildman–Crippen MR) is 111 cm³/mol. The molecule has 1 heterocycles. The van der Waals surface area contributed by atoms with Crippen LogP contribution in [0.25, 0.3) is 11.1 Å². The number of methoxy groups -OCH3 is 1. The van der Waals surface area contributed by atoms with Crippen molar-refractivity contribution in [2.75, 3.05) is 13.9 Å². The zero-order valence-electron chi connectivity index (χ0n) is 16.1. The molecule has 0 radical (unpaired) electrons. The highest BCUT2D eigenvalue weighted by Crippen LogP contribution is 2.47. The molecule has 1 aliphatic heterocycles. The molecule has 0 saturated heterocycles. The maximum atomic E-state index is 12.9. The van der Waals surface area contributed by atoms with E-state index in [0.29, 0.717) is 6.42 Å². The number of rotatable bonds is 3. The summed E-state index contributed by atoms with van der Waals surface area (Å²) in [7, 11) is 1.45. The molecule has 0 fully saturated rings. The fourth-order valence-electron chi connectivity index (χ4n) is 4.25. The highest BCUT2D eigenvalue weighted by Gasteiger charge is 2.35. The second-order valence-electron chi connectivity index (χ2n) is 7.16. The highest BCUT2D eigenvalue weighted by atomic mass is 16.7. The first-order chi connectivity index (χ1) is 14.3. The van der Waals surface area contributed by atoms with Crippen molar-refractivity contribution < 1.29 is 19.0 Å². The van der Waals surface area contributed by atoms with E-state index in [1.165, 1.54) is 7.11 Å². The van der Waals surface area contributed by atoms with Crippen LogP contribution in [0.3, 0.4) is 0 Å². The molecule has 0 aromatic heterocycles. The Bertz CT molecular complexity index is 1100. The molecule has 3 aromatic carbocycles. The maximum absolute atomic E-state index is 12.9. The summed E-state index contributed by atoms with van der Waals surface area (Å²) in [6, 6.07) is 24.3. The molecule has 0 spiro atoms. The smallest absolute Gasteiger partial charge is 0.313 e. The minimum Gasteiger partial charge on any atom is -0.469 e. The fraction of sp³-hybridized carbons (Fsp3) is 0.160. The van der Waals surface area contributed by atoms with Crippen LogP contribution in [-0.4, -0.2) is 19.9 Å². The van der Waals surface area contributed by atoms with Gasteiger partial charge in [0.1, 0.15) is 0 Å². The van der Waals surface area contributed by atoms with Gasteiger partial charge >= 0.3 is 5.97 Å². The molecule has 1 unspecified atom stereocenters. The highest BCUT2D eigenvalue weighted by molar-refractivity contribution is 6.07. The van der Waals surface area contributed by atoms with Crippen molar-refractivity contribution in [3.63, 3.8) is 0 Å². The Morgan fingerprint density at radius 3 is 2.17 bits per heavy atom. The summed E-state index contributed by atoms with van der Waals surface area (Å²) in [6.07, 6.45) is 0.555. The first-order valence-corrected chi connectivity index (χ1v) is 9.62. The molecule has 1 aliphatic carbocycles. The molecule has 144 valence electrons. The average molecular weight is 384 g/mol. The number of benzene rings is 3. The third kappa shape index (κ3) is 2.97. The summed E-state index contributed by atoms with van der Waals surface area (Å²) in [4.78, 5) is 12.9. The van der Waals surface area contributed by atoms with Gasteiger partial charge in [-0.3, -0.25) is 4.79 Å². The van der Waals surface area contributed by atoms with Gasteiger partial charge in [0.05, 0.1) is 13.0 Å². The summed E-state index contributed by atoms with van der Waals surface area (Å²) in [5, 5.41) is 0. The number of carbonyl (C=O) groups is 1. The van der Waals surface area contributed by atoms with Crippen LogP contribution in [0.5, 0.6) is 11.5 Å². The van der Waals surface area contributed by atoms with Gasteiger partial charge in [-0.05, 0) is 52.0 Å². The van der Waals surface area contributed by atoms with Crippen LogP contribution in [0.4, 0.5) is 0 Å². The number of hydrogen-bond acceptors (Lipinski definition) is 4. The molecule has 0 amide bonds. The Morgan fingerprint density at radius 2 is 1.52 bits per heavy atom. The molecular formula is C25H20O4. The number of esters is 1. The van der Waals surface area contributed by atoms with Crippen LogP contribution >= 0.6 is 0 Å². The second-order valence-corrected chi connectivity index (χ2v) is 7.16. The van der Waals surface area contributed by atoms with E-state index in [0.717, 1.165) is 44.9 Å². The fourth-order valence-corrected chi connectivity index (χ4v) is 4.25. The number of fused-ring (bicyclic) bond motifs is 2. The lowest BCUT2D eigenvalue weighted by molar-refractivity contribution is -0.143. The van der Waals surface area contributed by atoms with Crippen molar-refractivity contribution in [1.29, 1.82) is 0 Å². The monoisotopic (exact) mass is 384 g/mol. The molecule has 4 heteroatoms. The van der Waals surface area contributed by atoms with Gasteiger partial charge in [0, 0.05) is 0 Å². The van der Waals surface area contributed by atoms with Gasteiger partial charge in [-0.15, -0.1) is 0 Å². The van der Waals surface area contributed by atoms with Crippen molar-refractivity contribution in [3.05, 3.63) is 95.1 Å². The lowest BCUT2D eigenvalue weighted by Gasteiger charge is -2.30. The molecule has 0 bridgehead atoms. The van der Waals surface area contributed by atoms with E-state index in [1.807, 2.05) is 60.7 Å². The second kappa shape index (κ2) is 7.13. The Labute approximate surface area is 169 Å². The third-order valence-corrected chi connectivity index (χ3v) is 5.54. The van der Waals surface area contributed by atoms with Gasteiger partial charge in [-0.25, -0.2) is 0 Å². The lowest BCUT2D eigenvalue weighted by atomic mass is 9.73. The quantitative estimate of drug-likeness (QED) is 0.613. The van der Waals surface area contributed by atoms with Crippen molar-refractivity contribution in [1.82, 2.24) is 0 Å². The molecule has 5 rings (SSSR count). The molecule has 0 saturated carbocycles. The molecular weight excluding hydrogens is 364 g/mol. The van der Waals surface area contributed by atoms with Crippen molar-refractivity contribution >= 4 is 17.1 Å². The van der Waals surface area contributed by atoms with Crippen LogP contribution in [0, 0.1) is 5.92 Å². The van der Waals surface area contributed by atoms with Crippen LogP contribution < -0.4 is 9.47 Å². The van der Waals surface area contributed by atoms with E-state index in [9.17, 15) is 4.79 Å². The number of hydrogen-bond donors (Lipinski definition) is 0. The maximum Gasteiger partial charge on any atom is 0.313 e. The van der Waals surface area contributed by atoms with E-state index < -0.39 is 5.92 Å². The summed E-state index contributed by atoms with van der Waals surface area (Å²) in [5.41, 5.74) is 6.22. The SMILES string of the molecule is COC(=O)C1Cc2cc3c(cc2C(c2ccccc2)=C1c1ccccc1)OCO3. The third-order valence-electron chi connectivity index (χ3n) is 5.54. The topological polar surface area (TPSA) is 44.8 Å². The van der Waals surface area contributed by atoms with Gasteiger partial charge in [0.15, 0.2) is 11.5 Å². The molecule has 3 aromatic rings. The zero-order valence-corrected chi connectivity index (χ0v) is 16.1. The summed E-state index contributed by atoms with van der Waals surface area (Å²) >= 11 is 0. The minimum atomic E-state index is -0.398. The zero-order chi connectivity index (χ0) is 19.8. The first kappa shape index (κ1) is 17.6. The van der Waals surface area contributed by atoms with E-state index in [2.05, 4.69) is 12.1 Å². The van der Waals surface area contributed by atoms with E-state index in [1.54, 1.807) is 0 Å². The Morgan fingerprint density at radius 1 is 0.897 bits per heavy atom. The Hall–Kier alpha value is -3.53. The van der Waals surface area contributed by atoms with Gasteiger partial charge < -0.3 is 14.2 Å². The molecule has 1 atom stereocenters. The Kier molecular flexibility index (Phi) is 4.32. The molecule has 4 nitrogen and oxygen atoms in total. The summed E-state index contributed by atoms with van der Waals surface area (Å²) in [6.45, 7) is 0.217.